The molecule has 21 fully saturated rings. The minimum absolute atomic E-state index is 0.177. The number of ether oxygens (including phenoxy) is 14. The van der Waals surface area contributed by atoms with Gasteiger partial charge in [0.25, 0.3) is 0 Å². The smallest absolute Gasteiger partial charge is 0.187 e. The predicted molar refractivity (Wildman–Crippen MR) is 268 cm³/mol. The second-order valence-corrected chi connectivity index (χ2v) is 22.4. The first-order valence-electron chi connectivity index (χ1n) is 28.7. The molecule has 14 bridgehead atoms. The van der Waals surface area contributed by atoms with Crippen LogP contribution in [0.5, 0.6) is 0 Å². The van der Waals surface area contributed by atoms with E-state index < -0.39 is 255 Å². The molecule has 0 radical (unpaired) electrons. The Morgan fingerprint density at radius 2 is 0.424 bits per heavy atom. The average molecular weight is 1250 g/mol. The maximum absolute atomic E-state index is 11.8. The van der Waals surface area contributed by atoms with E-state index in [9.17, 15) is 102 Å². The van der Waals surface area contributed by atoms with E-state index in [4.69, 9.17) is 66.3 Å². The van der Waals surface area contributed by atoms with Gasteiger partial charge in [0.15, 0.2) is 44.0 Å². The molecule has 85 heavy (non-hydrogen) atoms. The van der Waals surface area contributed by atoms with Gasteiger partial charge < -0.3 is 174 Å². The zero-order chi connectivity index (χ0) is 61.7. The molecule has 0 saturated carbocycles. The minimum atomic E-state index is -2.20. The molecule has 21 aliphatic heterocycles. The van der Waals surface area contributed by atoms with Crippen molar-refractivity contribution >= 4 is 0 Å². The number of rotatable bonds is 15. The van der Waals surface area contributed by atoms with Gasteiger partial charge in [0.05, 0.1) is 39.6 Å². The third-order valence-electron chi connectivity index (χ3n) is 16.7. The van der Waals surface area contributed by atoms with Crippen LogP contribution in [0.15, 0.2) is 0 Å². The van der Waals surface area contributed by atoms with Crippen LogP contribution in [0.2, 0.25) is 0 Å². The summed E-state index contributed by atoms with van der Waals surface area (Å²) in [7, 11) is 0. The van der Waals surface area contributed by atoms with E-state index in [2.05, 4.69) is 12.2 Å². The standard InChI is InChI=1S/C50H87NO34/c1-2-3-4-5-6-7-8-51-9-16-37-23(58)30(65)44(72-16)80-38-17(10-52)74-46(32(67)25(38)60)82-40-19(12-54)76-48(34(69)27(40)62)84-42-21(14-56)78-50(36(71)29(42)64)85-43-22(15-57)77-49(35(70)28(43)63)83-41-20(13-55)75-47(33(68)26(41)61)81-39-18(11-53)73-45(79-37)31(66)24(39)59/h16-71H,2-15H2,1H3/t16-,17-,18-,19-,20-,21-,22-,23-,24-,25-,26-,27-,28-,29-,30-,31-,32-,33-,34-,35-,36-,37-,38-,39-,40-,41-,42-,43-,44-,45-,46-,47-,48-,49-,50-/m1/s1. The number of unbranched alkanes of at least 4 members (excludes halogenated alkanes) is 5. The van der Waals surface area contributed by atoms with E-state index in [0.717, 1.165) is 32.1 Å². The average Bonchev–Trinajstić information content (AvgIpc) is 2.48. The predicted octanol–water partition coefficient (Wildman–Crippen LogP) is -12.3. The summed E-state index contributed by atoms with van der Waals surface area (Å²) in [6.07, 6.45) is -63.1. The molecule has 0 unspecified atom stereocenters. The maximum atomic E-state index is 11.8. The second-order valence-electron chi connectivity index (χ2n) is 22.4. The number of nitrogens with one attached hydrogen (secondary N) is 1. The second kappa shape index (κ2) is 31.3. The van der Waals surface area contributed by atoms with Crippen molar-refractivity contribution in [1.82, 2.24) is 5.32 Å². The Balaban J connectivity index is 1.08. The molecule has 21 heterocycles. The van der Waals surface area contributed by atoms with Crippen LogP contribution in [-0.4, -0.2) is 370 Å². The van der Waals surface area contributed by atoms with Crippen molar-refractivity contribution in [1.29, 1.82) is 0 Å². The Bertz CT molecular complexity index is 1970. The minimum Gasteiger partial charge on any atom is -0.394 e. The highest BCUT2D eigenvalue weighted by Crippen LogP contribution is 2.39. The third-order valence-corrected chi connectivity index (χ3v) is 16.7. The molecule has 21 rings (SSSR count). The number of aliphatic hydroxyl groups is 20. The Labute approximate surface area is 486 Å². The van der Waals surface area contributed by atoms with Crippen LogP contribution in [0.4, 0.5) is 0 Å². The number of aliphatic hydroxyl groups excluding tert-OH is 20. The van der Waals surface area contributed by atoms with Gasteiger partial charge in [0.2, 0.25) is 0 Å². The van der Waals surface area contributed by atoms with Crippen molar-refractivity contribution in [2.75, 3.05) is 52.7 Å². The highest BCUT2D eigenvalue weighted by Gasteiger charge is 2.59. The van der Waals surface area contributed by atoms with Crippen molar-refractivity contribution in [3.05, 3.63) is 0 Å². The fourth-order valence-electron chi connectivity index (χ4n) is 11.7. The molecule has 21 aliphatic rings. The van der Waals surface area contributed by atoms with E-state index >= 15 is 0 Å². The molecule has 0 amide bonds. The van der Waals surface area contributed by atoms with Crippen molar-refractivity contribution in [2.24, 2.45) is 0 Å². The summed E-state index contributed by atoms with van der Waals surface area (Å²) >= 11 is 0. The summed E-state index contributed by atoms with van der Waals surface area (Å²) in [5.74, 6) is 0. The lowest BCUT2D eigenvalue weighted by atomic mass is 9.95. The third kappa shape index (κ3) is 15.1. The van der Waals surface area contributed by atoms with E-state index in [1.165, 1.54) is 0 Å². The Kier molecular flexibility index (Phi) is 25.6. The van der Waals surface area contributed by atoms with Crippen LogP contribution < -0.4 is 5.32 Å². The van der Waals surface area contributed by atoms with Crippen LogP contribution >= 0.6 is 0 Å². The molecular weight excluding hydrogens is 1160 g/mol. The lowest BCUT2D eigenvalue weighted by Crippen LogP contribution is -2.68. The Hall–Kier alpha value is -1.40. The quantitative estimate of drug-likeness (QED) is 0.0677. The highest BCUT2D eigenvalue weighted by atomic mass is 16.8. The summed E-state index contributed by atoms with van der Waals surface area (Å²) in [5.41, 5.74) is 0. The lowest BCUT2D eigenvalue weighted by Gasteiger charge is -2.50. The number of hydrogen-bond acceptors (Lipinski definition) is 35. The molecule has 0 spiro atoms. The van der Waals surface area contributed by atoms with Gasteiger partial charge in [-0.15, -0.1) is 0 Å². The van der Waals surface area contributed by atoms with Crippen LogP contribution in [0.25, 0.3) is 0 Å². The Morgan fingerprint density at radius 1 is 0.235 bits per heavy atom. The van der Waals surface area contributed by atoms with Crippen molar-refractivity contribution < 1.29 is 168 Å². The fraction of sp³-hybridized carbons (Fsp3) is 1.00. The van der Waals surface area contributed by atoms with Gasteiger partial charge in [0.1, 0.15) is 171 Å². The van der Waals surface area contributed by atoms with Gasteiger partial charge in [-0.2, -0.15) is 0 Å². The van der Waals surface area contributed by atoms with E-state index in [1.54, 1.807) is 0 Å². The van der Waals surface area contributed by atoms with Gasteiger partial charge >= 0.3 is 0 Å². The van der Waals surface area contributed by atoms with Gasteiger partial charge in [0, 0.05) is 6.54 Å². The van der Waals surface area contributed by atoms with E-state index in [1.807, 2.05) is 0 Å². The van der Waals surface area contributed by atoms with E-state index in [-0.39, 0.29) is 6.54 Å². The van der Waals surface area contributed by atoms with Crippen molar-refractivity contribution in [3.8, 4) is 0 Å². The summed E-state index contributed by atoms with van der Waals surface area (Å²) in [6, 6.07) is 0. The van der Waals surface area contributed by atoms with Gasteiger partial charge in [-0.25, -0.2) is 0 Å². The molecule has 35 nitrogen and oxygen atoms in total. The summed E-state index contributed by atoms with van der Waals surface area (Å²) in [4.78, 5) is 0. The largest absolute Gasteiger partial charge is 0.394 e. The first-order chi connectivity index (χ1) is 40.7. The molecule has 0 aromatic rings. The van der Waals surface area contributed by atoms with Crippen LogP contribution in [0.1, 0.15) is 45.4 Å². The molecule has 35 atom stereocenters. The fourth-order valence-corrected chi connectivity index (χ4v) is 11.7. The monoisotopic (exact) mass is 1250 g/mol. The van der Waals surface area contributed by atoms with Crippen LogP contribution in [0.3, 0.4) is 0 Å². The molecule has 35 heteroatoms. The molecule has 21 saturated heterocycles. The van der Waals surface area contributed by atoms with Crippen molar-refractivity contribution in [2.45, 2.75) is 260 Å². The maximum Gasteiger partial charge on any atom is 0.187 e. The van der Waals surface area contributed by atoms with Gasteiger partial charge in [-0.05, 0) is 13.0 Å². The van der Waals surface area contributed by atoms with E-state index in [0.29, 0.717) is 13.0 Å². The lowest BCUT2D eigenvalue weighted by molar-refractivity contribution is -0.396. The zero-order valence-corrected chi connectivity index (χ0v) is 46.3. The first kappa shape index (κ1) is 69.5. The van der Waals surface area contributed by atoms with Crippen molar-refractivity contribution in [3.63, 3.8) is 0 Å². The summed E-state index contributed by atoms with van der Waals surface area (Å²) in [5, 5.41) is 227. The van der Waals surface area contributed by atoms with Gasteiger partial charge in [-0.3, -0.25) is 0 Å². The Morgan fingerprint density at radius 3 is 0.635 bits per heavy atom. The summed E-state index contributed by atoms with van der Waals surface area (Å²) in [6.45, 7) is -3.85. The molecule has 0 aromatic carbocycles. The molecule has 0 aliphatic carbocycles. The topological polar surface area (TPSA) is 546 Å². The number of hydrogen-bond donors (Lipinski definition) is 21. The SMILES string of the molecule is CCCCCCCCNC[C@H]1O[C@@H]2O[C@H]3[C@H](O)[C@@H](O)[C@@H](O[C@H]4[C@H](O)[C@@H](O)[C@@H](O[C@H]5[C@H](O)[C@@H](O)[C@@H](O[C@H]6[C@H](O)[C@@H](O)[C@@H](O[C@H]7[C@H](O)[C@@H](O)[C@@H](O[C@H]8[C@H](O)[C@@H](O)[C@@H](O[C@H]1[C@H](O)[C@H]2O)O[C@@H]8CO)O[C@@H]7CO)O[C@@H]6CO)O[C@@H]5CO)O[C@@H]4CO)O[C@@H]3CO. The first-order valence-corrected chi connectivity index (χ1v) is 28.7. The molecule has 21 N–H and O–H groups in total. The molecule has 0 aromatic heterocycles. The normalized spacial score (nSPS) is 51.3. The highest BCUT2D eigenvalue weighted by molar-refractivity contribution is 5.02. The van der Waals surface area contributed by atoms with Crippen LogP contribution in [-0.2, 0) is 66.3 Å². The van der Waals surface area contributed by atoms with Gasteiger partial charge in [-0.1, -0.05) is 39.0 Å². The summed E-state index contributed by atoms with van der Waals surface area (Å²) < 4.78 is 81.5. The zero-order valence-electron chi connectivity index (χ0n) is 46.3. The van der Waals surface area contributed by atoms with Crippen LogP contribution in [0, 0.1) is 0 Å². The molecular formula is C50H87NO34. The molecule has 496 valence electrons.